The molecule has 0 amide bonds. The van der Waals surface area contributed by atoms with Gasteiger partial charge < -0.3 is 25.8 Å². The van der Waals surface area contributed by atoms with Crippen molar-refractivity contribution in [3.05, 3.63) is 141 Å². The molecule has 0 aliphatic carbocycles. The van der Waals surface area contributed by atoms with Gasteiger partial charge in [0.25, 0.3) is 0 Å². The smallest absolute Gasteiger partial charge is 0.390 e. The molecular weight excluding hydrogens is 710 g/mol. The van der Waals surface area contributed by atoms with Gasteiger partial charge in [-0.1, -0.05) is 84.9 Å². The van der Waals surface area contributed by atoms with E-state index in [1.807, 2.05) is 0 Å². The van der Waals surface area contributed by atoms with Crippen LogP contribution in [0.1, 0.15) is 55.6 Å². The fourth-order valence-electron chi connectivity index (χ4n) is 7.47. The van der Waals surface area contributed by atoms with Crippen LogP contribution in [0.3, 0.4) is 0 Å². The largest absolute Gasteiger partial charge is 0.453 e. The van der Waals surface area contributed by atoms with E-state index in [0.717, 1.165) is 111 Å². The van der Waals surface area contributed by atoms with Crippen molar-refractivity contribution in [2.75, 3.05) is 0 Å². The summed E-state index contributed by atoms with van der Waals surface area (Å²) in [7, 11) is -3.86. The molecule has 0 aliphatic heterocycles. The van der Waals surface area contributed by atoms with Crippen molar-refractivity contribution in [1.29, 1.82) is 0 Å². The molecule has 8 aromatic rings. The molecule has 8 rings (SSSR count). The molecule has 0 saturated carbocycles. The van der Waals surface area contributed by atoms with Crippen molar-refractivity contribution in [2.24, 2.45) is 0 Å². The second-order valence-electron chi connectivity index (χ2n) is 14.5. The van der Waals surface area contributed by atoms with E-state index >= 15 is 0 Å². The van der Waals surface area contributed by atoms with E-state index in [4.69, 9.17) is 25.8 Å². The van der Waals surface area contributed by atoms with Gasteiger partial charge in [-0.15, -0.1) is 0 Å². The SMILES string of the molecule is Cc1cc(C)c(Op2oc3c(C)cccc3c3cccc(C)c3o2)c(-c2c(C)c(C)cc(C)c2Op2oc3c(C)cccc3c3cccc(C)c3o2)c1C. The Morgan fingerprint density at radius 2 is 0.630 bits per heavy atom. The maximum Gasteiger partial charge on any atom is 0.453 e. The third-order valence-electron chi connectivity index (χ3n) is 10.6. The zero-order valence-corrected chi connectivity index (χ0v) is 34.2. The van der Waals surface area contributed by atoms with Crippen LogP contribution in [0, 0.1) is 69.2 Å². The maximum atomic E-state index is 7.04. The third-order valence-corrected chi connectivity index (χ3v) is 12.6. The van der Waals surface area contributed by atoms with E-state index in [9.17, 15) is 0 Å². The monoisotopic (exact) mass is 754 g/mol. The highest BCUT2D eigenvalue weighted by Crippen LogP contribution is 2.51. The number of para-hydroxylation sites is 4. The van der Waals surface area contributed by atoms with Gasteiger partial charge in [-0.3, -0.25) is 0 Å². The summed E-state index contributed by atoms with van der Waals surface area (Å²) < 4.78 is 41.0. The highest BCUT2D eigenvalue weighted by Gasteiger charge is 2.26. The highest BCUT2D eigenvalue weighted by molar-refractivity contribution is 7.32. The zero-order valence-electron chi connectivity index (χ0n) is 32.4. The van der Waals surface area contributed by atoms with E-state index < -0.39 is 16.5 Å². The van der Waals surface area contributed by atoms with Crippen molar-refractivity contribution in [3.8, 4) is 22.6 Å². The van der Waals surface area contributed by atoms with E-state index in [1.54, 1.807) is 0 Å². The summed E-state index contributed by atoms with van der Waals surface area (Å²) in [6.07, 6.45) is 0. The predicted molar refractivity (Wildman–Crippen MR) is 224 cm³/mol. The van der Waals surface area contributed by atoms with Gasteiger partial charge in [0, 0.05) is 32.7 Å². The average Bonchev–Trinajstić information content (AvgIpc) is 3.41. The van der Waals surface area contributed by atoms with E-state index in [2.05, 4.69) is 154 Å². The fraction of sp³-hybridized carbons (Fsp3) is 0.217. The second-order valence-corrected chi connectivity index (χ2v) is 16.5. The number of rotatable bonds is 5. The van der Waals surface area contributed by atoms with Crippen LogP contribution in [0.2, 0.25) is 0 Å². The molecule has 2 heterocycles. The van der Waals surface area contributed by atoms with Crippen LogP contribution >= 0.6 is 16.5 Å². The molecule has 0 radical (unpaired) electrons. The van der Waals surface area contributed by atoms with Gasteiger partial charge >= 0.3 is 16.5 Å². The molecule has 0 atom stereocenters. The summed E-state index contributed by atoms with van der Waals surface area (Å²) in [5.74, 6) is 1.37. The molecule has 6 aromatic carbocycles. The molecule has 0 bridgehead atoms. The van der Waals surface area contributed by atoms with Gasteiger partial charge in [0.05, 0.1) is 0 Å². The Balaban J connectivity index is 1.40. The van der Waals surface area contributed by atoms with Crippen LogP contribution < -0.4 is 9.05 Å². The third kappa shape index (κ3) is 6.08. The van der Waals surface area contributed by atoms with Crippen LogP contribution in [0.5, 0.6) is 11.5 Å². The lowest BCUT2D eigenvalue weighted by Crippen LogP contribution is -2.01. The number of fused-ring (bicyclic) bond motifs is 6. The summed E-state index contributed by atoms with van der Waals surface area (Å²) in [5, 5.41) is 3.94. The van der Waals surface area contributed by atoms with Crippen LogP contribution in [0.15, 0.2) is 102 Å². The second kappa shape index (κ2) is 13.9. The van der Waals surface area contributed by atoms with E-state index in [0.29, 0.717) is 11.5 Å². The van der Waals surface area contributed by atoms with Crippen LogP contribution in [0.25, 0.3) is 55.0 Å². The summed E-state index contributed by atoms with van der Waals surface area (Å²) in [4.78, 5) is 0. The lowest BCUT2D eigenvalue weighted by Gasteiger charge is -2.22. The van der Waals surface area contributed by atoms with Gasteiger partial charge in [0.15, 0.2) is 0 Å². The number of benzene rings is 6. The molecule has 54 heavy (non-hydrogen) atoms. The summed E-state index contributed by atoms with van der Waals surface area (Å²) in [5.41, 5.74) is 15.3. The summed E-state index contributed by atoms with van der Waals surface area (Å²) >= 11 is 0. The van der Waals surface area contributed by atoms with Gasteiger partial charge in [0.1, 0.15) is 33.8 Å². The van der Waals surface area contributed by atoms with Crippen molar-refractivity contribution in [3.63, 3.8) is 0 Å². The molecule has 0 aliphatic rings. The fourth-order valence-corrected chi connectivity index (χ4v) is 10.0. The molecule has 8 heteroatoms. The Kier molecular flexibility index (Phi) is 9.17. The number of aryl methyl sites for hydroxylation is 8. The predicted octanol–water partition coefficient (Wildman–Crippen LogP) is 15.3. The average molecular weight is 755 g/mol. The molecule has 0 unspecified atom stereocenters. The Morgan fingerprint density at radius 1 is 0.352 bits per heavy atom. The topological polar surface area (TPSA) is 71.0 Å². The molecular formula is C46H44O6P2. The zero-order chi connectivity index (χ0) is 38.0. The van der Waals surface area contributed by atoms with Crippen molar-refractivity contribution in [1.82, 2.24) is 0 Å². The van der Waals surface area contributed by atoms with Gasteiger partial charge in [0.2, 0.25) is 0 Å². The number of hydrogen-bond acceptors (Lipinski definition) is 6. The molecule has 0 fully saturated rings. The highest BCUT2D eigenvalue weighted by atomic mass is 31.1. The van der Waals surface area contributed by atoms with Crippen LogP contribution in [-0.4, -0.2) is 0 Å². The van der Waals surface area contributed by atoms with Gasteiger partial charge in [-0.2, -0.15) is 0 Å². The quantitative estimate of drug-likeness (QED) is 0.174. The van der Waals surface area contributed by atoms with Crippen molar-refractivity contribution >= 4 is 60.4 Å². The summed E-state index contributed by atoms with van der Waals surface area (Å²) in [6.45, 7) is 20.9. The van der Waals surface area contributed by atoms with Crippen LogP contribution in [-0.2, 0) is 0 Å². The Bertz CT molecular complexity index is 2570. The Morgan fingerprint density at radius 3 is 0.907 bits per heavy atom. The minimum absolute atomic E-state index is 0.687. The van der Waals surface area contributed by atoms with Crippen molar-refractivity contribution < 1.29 is 25.8 Å². The Labute approximate surface area is 317 Å². The first kappa shape index (κ1) is 35.7. The van der Waals surface area contributed by atoms with Gasteiger partial charge in [-0.05, 0) is 125 Å². The normalized spacial score (nSPS) is 11.5. The molecule has 274 valence electrons. The van der Waals surface area contributed by atoms with E-state index in [1.165, 1.54) is 0 Å². The summed E-state index contributed by atoms with van der Waals surface area (Å²) in [6, 6.07) is 29.1. The molecule has 0 saturated heterocycles. The first-order chi connectivity index (χ1) is 25.9. The van der Waals surface area contributed by atoms with Crippen molar-refractivity contribution in [2.45, 2.75) is 69.2 Å². The maximum absolute atomic E-state index is 7.04. The van der Waals surface area contributed by atoms with Gasteiger partial charge in [-0.25, -0.2) is 0 Å². The molecule has 0 spiro atoms. The molecule has 2 aromatic heterocycles. The lowest BCUT2D eigenvalue weighted by molar-refractivity contribution is 0.490. The molecule has 0 N–H and O–H groups in total. The minimum atomic E-state index is -1.93. The van der Waals surface area contributed by atoms with E-state index in [-0.39, 0.29) is 0 Å². The standard InChI is InChI=1S/C46H44O6P2/c1-25-15-11-19-35-36-20-12-16-26(2)42(36)48-53(47-41(25)35)51-45-31(7)23-29(5)33(9)39(45)40-34(10)30(6)24-32(8)46(40)52-54-49-43-27(3)17-13-21-37(43)38-22-14-18-28(4)44(38)50-54/h11-24H,1-10H3. The number of hydrogen-bond donors (Lipinski definition) is 0. The first-order valence-corrected chi connectivity index (χ1v) is 20.4. The van der Waals surface area contributed by atoms with Crippen LogP contribution in [0.4, 0.5) is 0 Å². The molecule has 6 nitrogen and oxygen atoms in total. The Hall–Kier alpha value is -5.28. The minimum Gasteiger partial charge on any atom is -0.390 e. The first-order valence-electron chi connectivity index (χ1n) is 18.2. The lowest BCUT2D eigenvalue weighted by atomic mass is 9.87.